The van der Waals surface area contributed by atoms with Gasteiger partial charge in [-0.05, 0) is 0 Å². The van der Waals surface area contributed by atoms with Crippen LogP contribution in [0.4, 0.5) is 0 Å². The number of hydrogen-bond acceptors (Lipinski definition) is 0. The average molecular weight is 205 g/mol. The first-order chi connectivity index (χ1) is 3.41. The van der Waals surface area contributed by atoms with Gasteiger partial charge in [-0.15, -0.1) is 0 Å². The maximum atomic E-state index is 2.25. The Hall–Kier alpha value is 0.799. The minimum Gasteiger partial charge on any atom is -1.00 e. The summed E-state index contributed by atoms with van der Waals surface area (Å²) in [6.45, 7) is 2.25. The quantitative estimate of drug-likeness (QED) is 0.487. The molecule has 43 valence electrons. The SMILES string of the molecule is CCCCC[CH2][Sn].[H-]. The van der Waals surface area contributed by atoms with E-state index in [4.69, 9.17) is 0 Å². The van der Waals surface area contributed by atoms with Crippen LogP contribution in [-0.4, -0.2) is 22.5 Å². The van der Waals surface area contributed by atoms with E-state index in [1.54, 1.807) is 22.5 Å². The van der Waals surface area contributed by atoms with Gasteiger partial charge in [-0.25, -0.2) is 0 Å². The van der Waals surface area contributed by atoms with Crippen LogP contribution in [0.5, 0.6) is 0 Å². The standard InChI is InChI=1S/C6H13.Sn.H/c1-3-5-6-4-2;;/h1,3-6H2,2H3;;/q;;-1. The third kappa shape index (κ3) is 6.80. The third-order valence-electron chi connectivity index (χ3n) is 1.03. The van der Waals surface area contributed by atoms with E-state index < -0.39 is 0 Å². The van der Waals surface area contributed by atoms with Gasteiger partial charge in [0.05, 0.1) is 0 Å². The maximum absolute atomic E-state index is 2.25. The minimum absolute atomic E-state index is 0. The fourth-order valence-corrected chi connectivity index (χ4v) is 1.27. The minimum atomic E-state index is 0. The Bertz CT molecular complexity index is 27.7. The van der Waals surface area contributed by atoms with Crippen molar-refractivity contribution in [2.45, 2.75) is 37.0 Å². The monoisotopic (exact) mass is 206 g/mol. The van der Waals surface area contributed by atoms with Crippen LogP contribution < -0.4 is 0 Å². The second-order valence-electron chi connectivity index (χ2n) is 1.81. The van der Waals surface area contributed by atoms with Crippen molar-refractivity contribution < 1.29 is 1.43 Å². The van der Waals surface area contributed by atoms with E-state index in [2.05, 4.69) is 6.92 Å². The Kier molecular flexibility index (Phi) is 7.57. The summed E-state index contributed by atoms with van der Waals surface area (Å²) in [5, 5.41) is 0. The van der Waals surface area contributed by atoms with Crippen molar-refractivity contribution in [1.29, 1.82) is 0 Å². The second-order valence-corrected chi connectivity index (χ2v) is 3.24. The normalized spacial score (nSPS) is 9.43. The van der Waals surface area contributed by atoms with Gasteiger partial charge in [0, 0.05) is 0 Å². The molecular weight excluding hydrogens is 191 g/mol. The number of rotatable bonds is 4. The van der Waals surface area contributed by atoms with Crippen LogP contribution in [0.1, 0.15) is 34.0 Å². The molecule has 0 unspecified atom stereocenters. The smallest absolute Gasteiger partial charge is 1.00 e. The Morgan fingerprint density at radius 3 is 2.43 bits per heavy atom. The van der Waals surface area contributed by atoms with Crippen LogP contribution >= 0.6 is 0 Å². The first kappa shape index (κ1) is 7.80. The molecule has 0 aliphatic heterocycles. The van der Waals surface area contributed by atoms with Crippen molar-refractivity contribution in [1.82, 2.24) is 0 Å². The van der Waals surface area contributed by atoms with Gasteiger partial charge in [0.1, 0.15) is 0 Å². The van der Waals surface area contributed by atoms with E-state index in [-0.39, 0.29) is 1.43 Å². The fourth-order valence-electron chi connectivity index (χ4n) is 0.552. The van der Waals surface area contributed by atoms with Gasteiger partial charge in [0.2, 0.25) is 0 Å². The van der Waals surface area contributed by atoms with Crippen molar-refractivity contribution in [3.8, 4) is 0 Å². The van der Waals surface area contributed by atoms with Crippen molar-refractivity contribution in [3.05, 3.63) is 0 Å². The van der Waals surface area contributed by atoms with Crippen molar-refractivity contribution >= 4 is 22.5 Å². The van der Waals surface area contributed by atoms with Crippen LogP contribution in [0.2, 0.25) is 4.44 Å². The molecule has 0 aliphatic rings. The predicted molar refractivity (Wildman–Crippen MR) is 35.8 cm³/mol. The topological polar surface area (TPSA) is 0 Å². The third-order valence-corrected chi connectivity index (χ3v) is 2.04. The Morgan fingerprint density at radius 1 is 1.29 bits per heavy atom. The summed E-state index contributed by atoms with van der Waals surface area (Å²) in [5.74, 6) is 0. The molecular formula is C6H14Sn-. The molecule has 0 spiro atoms. The van der Waals surface area contributed by atoms with E-state index in [1.165, 1.54) is 30.1 Å². The van der Waals surface area contributed by atoms with E-state index in [0.717, 1.165) is 0 Å². The molecule has 0 heterocycles. The zero-order valence-corrected chi connectivity index (χ0v) is 7.89. The largest absolute Gasteiger partial charge is 1.00 e. The maximum Gasteiger partial charge on any atom is -1.00 e. The summed E-state index contributed by atoms with van der Waals surface area (Å²) in [4.78, 5) is 0. The molecule has 0 N–H and O–H groups in total. The molecule has 0 saturated carbocycles. The molecule has 0 saturated heterocycles. The van der Waals surface area contributed by atoms with Crippen LogP contribution in [0, 0.1) is 0 Å². The summed E-state index contributed by atoms with van der Waals surface area (Å²) < 4.78 is 1.45. The summed E-state index contributed by atoms with van der Waals surface area (Å²) in [6, 6.07) is 0. The van der Waals surface area contributed by atoms with Crippen molar-refractivity contribution in [2.75, 3.05) is 0 Å². The molecule has 7 heavy (non-hydrogen) atoms. The van der Waals surface area contributed by atoms with Gasteiger partial charge in [0.15, 0.2) is 0 Å². The zero-order valence-electron chi connectivity index (χ0n) is 6.04. The van der Waals surface area contributed by atoms with Gasteiger partial charge >= 0.3 is 59.6 Å². The summed E-state index contributed by atoms with van der Waals surface area (Å²) in [7, 11) is 0. The average Bonchev–Trinajstić information content (AvgIpc) is 1.69. The second kappa shape index (κ2) is 6.80. The number of unbranched alkanes of at least 4 members (excludes halogenated alkanes) is 3. The summed E-state index contributed by atoms with van der Waals surface area (Å²) in [6.07, 6.45) is 5.73. The Labute approximate surface area is 61.3 Å². The van der Waals surface area contributed by atoms with E-state index >= 15 is 0 Å². The molecule has 0 amide bonds. The van der Waals surface area contributed by atoms with Crippen LogP contribution in [0.3, 0.4) is 0 Å². The molecule has 0 aromatic heterocycles. The van der Waals surface area contributed by atoms with Crippen molar-refractivity contribution in [2.24, 2.45) is 0 Å². The van der Waals surface area contributed by atoms with E-state index in [0.29, 0.717) is 0 Å². The van der Waals surface area contributed by atoms with Crippen LogP contribution in [0.25, 0.3) is 0 Å². The molecule has 0 aromatic carbocycles. The van der Waals surface area contributed by atoms with Gasteiger partial charge in [0.25, 0.3) is 0 Å². The Balaban J connectivity index is 0. The number of hydrogen-bond donors (Lipinski definition) is 0. The van der Waals surface area contributed by atoms with Crippen LogP contribution in [0.15, 0.2) is 0 Å². The fraction of sp³-hybridized carbons (Fsp3) is 1.00. The molecule has 0 nitrogen and oxygen atoms in total. The molecule has 0 fully saturated rings. The summed E-state index contributed by atoms with van der Waals surface area (Å²) in [5.41, 5.74) is 0. The molecule has 3 radical (unpaired) electrons. The molecule has 0 rings (SSSR count). The molecule has 0 atom stereocenters. The first-order valence-corrected chi connectivity index (χ1v) is 5.08. The van der Waals surface area contributed by atoms with Gasteiger partial charge in [-0.2, -0.15) is 0 Å². The van der Waals surface area contributed by atoms with Gasteiger partial charge in [-0.3, -0.25) is 0 Å². The van der Waals surface area contributed by atoms with E-state index in [1.807, 2.05) is 0 Å². The van der Waals surface area contributed by atoms with Gasteiger partial charge < -0.3 is 1.43 Å². The molecule has 0 aromatic rings. The first-order valence-electron chi connectivity index (χ1n) is 3.06. The van der Waals surface area contributed by atoms with Gasteiger partial charge in [-0.1, -0.05) is 0 Å². The van der Waals surface area contributed by atoms with Crippen LogP contribution in [-0.2, 0) is 0 Å². The molecule has 0 aliphatic carbocycles. The van der Waals surface area contributed by atoms with Crippen molar-refractivity contribution in [3.63, 3.8) is 0 Å². The molecule has 1 heteroatoms. The zero-order chi connectivity index (χ0) is 5.54. The Morgan fingerprint density at radius 2 is 2.00 bits per heavy atom. The van der Waals surface area contributed by atoms with E-state index in [9.17, 15) is 0 Å². The summed E-state index contributed by atoms with van der Waals surface area (Å²) >= 11 is 1.70. The molecule has 0 bridgehead atoms. The predicted octanol–water partition coefficient (Wildman–Crippen LogP) is 2.27.